The quantitative estimate of drug-likeness (QED) is 0.502. The van der Waals surface area contributed by atoms with E-state index in [0.717, 1.165) is 24.2 Å². The number of ether oxygens (including phenoxy) is 1. The van der Waals surface area contributed by atoms with Crippen molar-refractivity contribution in [1.82, 2.24) is 4.90 Å². The number of nitrogens with two attached hydrogens (primary N) is 1. The molecule has 3 fully saturated rings. The Morgan fingerprint density at radius 2 is 1.85 bits per heavy atom. The highest BCUT2D eigenvalue weighted by molar-refractivity contribution is 7.91. The molecule has 3 atom stereocenters. The van der Waals surface area contributed by atoms with Crippen LogP contribution in [0, 0.1) is 29.1 Å². The second-order valence-electron chi connectivity index (χ2n) is 12.3. The number of Topliss-reactive ketones (excluding diaryl/α,β-unsaturated/α-hetero) is 1. The van der Waals surface area contributed by atoms with Crippen LogP contribution in [-0.4, -0.2) is 66.5 Å². The van der Waals surface area contributed by atoms with Crippen LogP contribution in [0.25, 0.3) is 0 Å². The van der Waals surface area contributed by atoms with Gasteiger partial charge in [0.1, 0.15) is 17.0 Å². The predicted molar refractivity (Wildman–Crippen MR) is 148 cm³/mol. The molecule has 2 aliphatic heterocycles. The van der Waals surface area contributed by atoms with Crippen LogP contribution < -0.4 is 5.73 Å². The van der Waals surface area contributed by atoms with E-state index >= 15 is 0 Å². The van der Waals surface area contributed by atoms with Gasteiger partial charge in [0.15, 0.2) is 15.6 Å². The Balaban J connectivity index is 1.72. The normalized spacial score (nSPS) is 30.4. The maximum atomic E-state index is 14.1. The number of likely N-dealkylation sites (tertiary alicyclic amines) is 1. The number of carbonyl (C=O) groups is 3. The highest BCUT2D eigenvalue weighted by Crippen LogP contribution is 2.44. The summed E-state index contributed by atoms with van der Waals surface area (Å²) < 4.78 is 29.4. The second-order valence-corrected chi connectivity index (χ2v) is 15.6. The molecular weight excluding hydrogens is 540 g/mol. The van der Waals surface area contributed by atoms with Gasteiger partial charge in [0.25, 0.3) is 0 Å². The molecule has 0 aromatic carbocycles. The maximum absolute atomic E-state index is 14.1. The summed E-state index contributed by atoms with van der Waals surface area (Å²) in [6.07, 6.45) is 1.92. The van der Waals surface area contributed by atoms with Crippen molar-refractivity contribution in [3.05, 3.63) is 21.4 Å². The van der Waals surface area contributed by atoms with Crippen molar-refractivity contribution in [3.8, 4) is 11.8 Å². The number of hydrogen-bond acceptors (Lipinski definition) is 8. The van der Waals surface area contributed by atoms with Gasteiger partial charge < -0.3 is 15.6 Å². The third kappa shape index (κ3) is 6.50. The molecule has 1 saturated carbocycles. The van der Waals surface area contributed by atoms with Crippen molar-refractivity contribution in [1.29, 1.82) is 0 Å². The maximum Gasteiger partial charge on any atom is 0.410 e. The van der Waals surface area contributed by atoms with Gasteiger partial charge >= 0.3 is 12.1 Å². The van der Waals surface area contributed by atoms with Crippen molar-refractivity contribution in [2.45, 2.75) is 83.9 Å². The van der Waals surface area contributed by atoms with E-state index in [1.807, 2.05) is 20.8 Å². The van der Waals surface area contributed by atoms with Crippen LogP contribution in [0.15, 0.2) is 6.07 Å². The second kappa shape index (κ2) is 10.9. The molecule has 1 amide bonds. The first-order valence-electron chi connectivity index (χ1n) is 13.5. The van der Waals surface area contributed by atoms with E-state index in [-0.39, 0.29) is 52.9 Å². The Bertz CT molecular complexity index is 1310. The first-order valence-corrected chi connectivity index (χ1v) is 16.1. The summed E-state index contributed by atoms with van der Waals surface area (Å²) in [5, 5.41) is 10.1. The smallest absolute Gasteiger partial charge is 0.410 e. The van der Waals surface area contributed by atoms with Crippen molar-refractivity contribution < 1.29 is 32.6 Å². The van der Waals surface area contributed by atoms with Crippen molar-refractivity contribution >= 4 is 39.0 Å². The molecule has 214 valence electrons. The zero-order chi connectivity index (χ0) is 28.8. The fourth-order valence-corrected chi connectivity index (χ4v) is 8.31. The minimum atomic E-state index is -3.28. The number of rotatable bonds is 5. The standard InChI is InChI=1S/C28H38N2O7S2/c1-17-5-7-18(8-6-17)22(31)24-28(29,12-13-30(24)26(34)37-19-10-14-39(35,36)16-19)21-15-20(9-11-27(2,3)4)38-23(21)25(32)33/h15,17-19,24H,5-8,10,12-14,16,29H2,1-4H3,(H,32,33)/t17?,18?,19?,24?,28-/m0/s1. The minimum Gasteiger partial charge on any atom is -0.477 e. The van der Waals surface area contributed by atoms with E-state index in [0.29, 0.717) is 29.2 Å². The summed E-state index contributed by atoms with van der Waals surface area (Å²) in [6, 6.07) is 0.520. The topological polar surface area (TPSA) is 144 Å². The number of sulfone groups is 1. The van der Waals surface area contributed by atoms with Crippen LogP contribution in [0.1, 0.15) is 86.3 Å². The van der Waals surface area contributed by atoms with Crippen LogP contribution in [0.3, 0.4) is 0 Å². The first kappa shape index (κ1) is 29.6. The van der Waals surface area contributed by atoms with E-state index in [9.17, 15) is 27.9 Å². The molecule has 1 aromatic heterocycles. The Morgan fingerprint density at radius 1 is 1.18 bits per heavy atom. The van der Waals surface area contributed by atoms with Crippen LogP contribution >= 0.6 is 11.3 Å². The molecule has 1 aromatic rings. The fraction of sp³-hybridized carbons (Fsp3) is 0.679. The lowest BCUT2D eigenvalue weighted by molar-refractivity contribution is -0.130. The molecule has 9 nitrogen and oxygen atoms in total. The number of amides is 1. The first-order chi connectivity index (χ1) is 18.1. The number of aromatic carboxylic acids is 1. The lowest BCUT2D eigenvalue weighted by Gasteiger charge is -2.37. The van der Waals surface area contributed by atoms with Gasteiger partial charge in [-0.15, -0.1) is 11.3 Å². The summed E-state index contributed by atoms with van der Waals surface area (Å²) >= 11 is 1.01. The summed E-state index contributed by atoms with van der Waals surface area (Å²) in [6.45, 7) is 8.09. The van der Waals surface area contributed by atoms with Crippen molar-refractivity contribution in [2.24, 2.45) is 23.0 Å². The molecule has 4 rings (SSSR count). The molecule has 0 bridgehead atoms. The van der Waals surface area contributed by atoms with E-state index < -0.39 is 39.6 Å². The Kier molecular flexibility index (Phi) is 8.23. The van der Waals surface area contributed by atoms with Gasteiger partial charge in [-0.3, -0.25) is 9.69 Å². The molecule has 11 heteroatoms. The van der Waals surface area contributed by atoms with E-state index in [1.54, 1.807) is 6.07 Å². The molecule has 3 N–H and O–H groups in total. The zero-order valence-electron chi connectivity index (χ0n) is 23.0. The molecule has 3 heterocycles. The molecule has 0 spiro atoms. The Morgan fingerprint density at radius 3 is 2.41 bits per heavy atom. The summed E-state index contributed by atoms with van der Waals surface area (Å²) in [5.41, 5.74) is 5.54. The number of carboxylic acid groups (broad SMARTS) is 1. The summed E-state index contributed by atoms with van der Waals surface area (Å²) in [5.74, 6) is 4.70. The van der Waals surface area contributed by atoms with Gasteiger partial charge in [-0.05, 0) is 58.4 Å². The third-order valence-electron chi connectivity index (χ3n) is 7.93. The van der Waals surface area contributed by atoms with E-state index in [1.165, 1.54) is 4.90 Å². The lowest BCUT2D eigenvalue weighted by atomic mass is 9.74. The average molecular weight is 579 g/mol. The van der Waals surface area contributed by atoms with Gasteiger partial charge in [-0.1, -0.05) is 31.6 Å². The highest BCUT2D eigenvalue weighted by atomic mass is 32.2. The largest absolute Gasteiger partial charge is 0.477 e. The van der Waals surface area contributed by atoms with Crippen LogP contribution in [-0.2, 0) is 24.9 Å². The van der Waals surface area contributed by atoms with E-state index in [4.69, 9.17) is 10.5 Å². The van der Waals surface area contributed by atoms with Gasteiger partial charge in [-0.25, -0.2) is 18.0 Å². The summed E-state index contributed by atoms with van der Waals surface area (Å²) in [7, 11) is -3.28. The fourth-order valence-electron chi connectivity index (χ4n) is 5.77. The average Bonchev–Trinajstić information content (AvgIpc) is 3.52. The van der Waals surface area contributed by atoms with Gasteiger partial charge in [0, 0.05) is 23.4 Å². The van der Waals surface area contributed by atoms with Crippen molar-refractivity contribution in [3.63, 3.8) is 0 Å². The number of carbonyl (C=O) groups excluding carboxylic acids is 2. The summed E-state index contributed by atoms with van der Waals surface area (Å²) in [4.78, 5) is 41.6. The molecular formula is C28H38N2O7S2. The zero-order valence-corrected chi connectivity index (χ0v) is 24.6. The number of ketones is 1. The number of carboxylic acids is 1. The van der Waals surface area contributed by atoms with E-state index in [2.05, 4.69) is 18.8 Å². The van der Waals surface area contributed by atoms with Gasteiger partial charge in [-0.2, -0.15) is 0 Å². The SMILES string of the molecule is CC1CCC(C(=O)C2N(C(=O)OC3CCS(=O)(=O)C3)CC[C@]2(N)c2cc(C#CC(C)(C)C)sc2C(=O)O)CC1. The van der Waals surface area contributed by atoms with Gasteiger partial charge in [0.2, 0.25) is 0 Å². The van der Waals surface area contributed by atoms with Crippen molar-refractivity contribution in [2.75, 3.05) is 18.1 Å². The molecule has 1 aliphatic carbocycles. The van der Waals surface area contributed by atoms with Gasteiger partial charge in [0.05, 0.1) is 21.9 Å². The Labute approximate surface area is 234 Å². The molecule has 3 aliphatic rings. The lowest BCUT2D eigenvalue weighted by Crippen LogP contribution is -2.57. The third-order valence-corrected chi connectivity index (χ3v) is 10.7. The molecule has 0 radical (unpaired) electrons. The number of hydrogen-bond donors (Lipinski definition) is 2. The molecule has 2 unspecified atom stereocenters. The number of nitrogens with zero attached hydrogens (tertiary/aromatic N) is 1. The molecule has 39 heavy (non-hydrogen) atoms. The highest BCUT2D eigenvalue weighted by Gasteiger charge is 2.55. The van der Waals surface area contributed by atoms with Crippen LogP contribution in [0.2, 0.25) is 0 Å². The Hall–Kier alpha value is -2.42. The monoisotopic (exact) mass is 578 g/mol. The number of thiophene rings is 1. The molecule has 2 saturated heterocycles. The minimum absolute atomic E-state index is 0.00267. The predicted octanol–water partition coefficient (Wildman–Crippen LogP) is 3.79. The van der Waals surface area contributed by atoms with Crippen LogP contribution in [0.4, 0.5) is 4.79 Å². The van der Waals surface area contributed by atoms with Crippen LogP contribution in [0.5, 0.6) is 0 Å².